The quantitative estimate of drug-likeness (QED) is 0.332. The molecule has 0 aromatic heterocycles. The van der Waals surface area contributed by atoms with Crippen molar-refractivity contribution in [1.29, 1.82) is 0 Å². The van der Waals surface area contributed by atoms with E-state index in [1.807, 2.05) is 0 Å². The SMILES string of the molecule is CCCCCCC#[C][Zn+].[Cl-]. The third-order valence-electron chi connectivity index (χ3n) is 1.28. The molecule has 0 amide bonds. The molecule has 0 rings (SSSR count). The summed E-state index contributed by atoms with van der Waals surface area (Å²) < 4.78 is 3.02. The predicted molar refractivity (Wildman–Crippen MR) is 36.5 cm³/mol. The van der Waals surface area contributed by atoms with E-state index in [1.165, 1.54) is 25.7 Å². The Morgan fingerprint density at radius 1 is 1.20 bits per heavy atom. The van der Waals surface area contributed by atoms with Crippen molar-refractivity contribution < 1.29 is 30.7 Å². The van der Waals surface area contributed by atoms with Crippen LogP contribution in [0.1, 0.15) is 39.0 Å². The summed E-state index contributed by atoms with van der Waals surface area (Å²) in [5, 5.41) is 0. The summed E-state index contributed by atoms with van der Waals surface area (Å²) >= 11 is 1.13. The zero-order valence-corrected chi connectivity index (χ0v) is 10.3. The van der Waals surface area contributed by atoms with Crippen LogP contribution in [0.2, 0.25) is 0 Å². The van der Waals surface area contributed by atoms with Gasteiger partial charge in [-0.25, -0.2) is 0 Å². The van der Waals surface area contributed by atoms with E-state index in [2.05, 4.69) is 17.4 Å². The van der Waals surface area contributed by atoms with Crippen LogP contribution in [-0.4, -0.2) is 0 Å². The first kappa shape index (κ1) is 13.1. The van der Waals surface area contributed by atoms with Crippen molar-refractivity contribution in [2.75, 3.05) is 0 Å². The second kappa shape index (κ2) is 12.2. The van der Waals surface area contributed by atoms with Gasteiger partial charge in [0.2, 0.25) is 0 Å². The fraction of sp³-hybridized carbons (Fsp3) is 0.750. The normalized spacial score (nSPS) is 7.50. The van der Waals surface area contributed by atoms with Crippen molar-refractivity contribution in [1.82, 2.24) is 0 Å². The molecular weight excluding hydrogens is 197 g/mol. The Labute approximate surface area is 80.2 Å². The van der Waals surface area contributed by atoms with E-state index in [-0.39, 0.29) is 12.4 Å². The van der Waals surface area contributed by atoms with Crippen molar-refractivity contribution in [2.24, 2.45) is 0 Å². The Bertz CT molecular complexity index is 102. The van der Waals surface area contributed by atoms with Crippen LogP contribution in [-0.2, 0) is 18.3 Å². The van der Waals surface area contributed by atoms with Crippen LogP contribution in [0.5, 0.6) is 0 Å². The van der Waals surface area contributed by atoms with E-state index in [0.717, 1.165) is 24.7 Å². The molecular formula is C8H13ClZn. The second-order valence-corrected chi connectivity index (χ2v) is 2.91. The summed E-state index contributed by atoms with van der Waals surface area (Å²) in [6.45, 7) is 2.23. The van der Waals surface area contributed by atoms with Crippen molar-refractivity contribution in [3.63, 3.8) is 0 Å². The van der Waals surface area contributed by atoms with E-state index < -0.39 is 0 Å². The van der Waals surface area contributed by atoms with Gasteiger partial charge in [-0.3, -0.25) is 0 Å². The van der Waals surface area contributed by atoms with Gasteiger partial charge in [-0.15, -0.1) is 0 Å². The molecule has 0 aliphatic heterocycles. The summed E-state index contributed by atoms with van der Waals surface area (Å²) in [5.41, 5.74) is 0. The van der Waals surface area contributed by atoms with Crippen LogP contribution in [0.4, 0.5) is 0 Å². The summed E-state index contributed by atoms with van der Waals surface area (Å²) in [5.74, 6) is 3.11. The monoisotopic (exact) mass is 208 g/mol. The molecule has 0 aromatic rings. The molecule has 0 bridgehead atoms. The van der Waals surface area contributed by atoms with Crippen LogP contribution in [0.25, 0.3) is 0 Å². The number of rotatable bonds is 4. The van der Waals surface area contributed by atoms with Gasteiger partial charge in [0.05, 0.1) is 0 Å². The molecule has 0 nitrogen and oxygen atoms in total. The molecule has 0 N–H and O–H groups in total. The van der Waals surface area contributed by atoms with Crippen molar-refractivity contribution in [2.45, 2.75) is 39.0 Å². The van der Waals surface area contributed by atoms with Gasteiger partial charge < -0.3 is 12.4 Å². The molecule has 0 radical (unpaired) electrons. The van der Waals surface area contributed by atoms with Gasteiger partial charge in [0, 0.05) is 0 Å². The van der Waals surface area contributed by atoms with Crippen molar-refractivity contribution in [3.05, 3.63) is 0 Å². The Morgan fingerprint density at radius 3 is 2.40 bits per heavy atom. The van der Waals surface area contributed by atoms with Gasteiger partial charge in [0.1, 0.15) is 0 Å². The third-order valence-corrected chi connectivity index (χ3v) is 1.80. The molecule has 0 aromatic carbocycles. The summed E-state index contributed by atoms with van der Waals surface area (Å²) in [6, 6.07) is 0. The molecule has 0 spiro atoms. The van der Waals surface area contributed by atoms with Crippen molar-refractivity contribution >= 4 is 0 Å². The molecule has 0 saturated carbocycles. The van der Waals surface area contributed by atoms with Gasteiger partial charge in [-0.2, -0.15) is 0 Å². The van der Waals surface area contributed by atoms with Gasteiger partial charge in [-0.1, -0.05) is 0 Å². The van der Waals surface area contributed by atoms with Gasteiger partial charge in [0.25, 0.3) is 0 Å². The minimum atomic E-state index is 0. The topological polar surface area (TPSA) is 0 Å². The average molecular weight is 210 g/mol. The standard InChI is InChI=1S/C8H13.ClH.Zn/c1-3-5-7-8-6-4-2;;/h3,5-8H2,1H3;1H;/q;;+1/p-1. The first-order chi connectivity index (χ1) is 4.41. The summed E-state index contributed by atoms with van der Waals surface area (Å²) in [7, 11) is 0. The molecule has 0 atom stereocenters. The maximum absolute atomic E-state index is 3.11. The zero-order valence-electron chi connectivity index (χ0n) is 6.62. The number of halogens is 1. The Hall–Kier alpha value is 0.473. The Morgan fingerprint density at radius 2 is 1.90 bits per heavy atom. The molecule has 54 valence electrons. The first-order valence-electron chi connectivity index (χ1n) is 3.66. The largest absolute Gasteiger partial charge is 1.00 e. The van der Waals surface area contributed by atoms with Gasteiger partial charge in [0.15, 0.2) is 0 Å². The summed E-state index contributed by atoms with van der Waals surface area (Å²) in [4.78, 5) is 0. The van der Waals surface area contributed by atoms with Gasteiger partial charge in [-0.05, 0) is 0 Å². The predicted octanol–water partition coefficient (Wildman–Crippen LogP) is -0.531. The van der Waals surface area contributed by atoms with Crippen LogP contribution in [0.15, 0.2) is 0 Å². The fourth-order valence-electron chi connectivity index (χ4n) is 0.729. The van der Waals surface area contributed by atoms with E-state index in [0.29, 0.717) is 0 Å². The molecule has 0 unspecified atom stereocenters. The van der Waals surface area contributed by atoms with Crippen LogP contribution >= 0.6 is 0 Å². The fourth-order valence-corrected chi connectivity index (χ4v) is 1.10. The minimum Gasteiger partial charge on any atom is -1.00 e. The Balaban J connectivity index is 0. The molecule has 0 heterocycles. The van der Waals surface area contributed by atoms with Crippen molar-refractivity contribution in [3.8, 4) is 10.4 Å². The molecule has 0 aliphatic rings. The van der Waals surface area contributed by atoms with E-state index in [1.54, 1.807) is 0 Å². The first-order valence-corrected chi connectivity index (χ1v) is 5.15. The number of hydrogen-bond acceptors (Lipinski definition) is 0. The number of unbranched alkanes of at least 4 members (excludes halogenated alkanes) is 4. The van der Waals surface area contributed by atoms with E-state index in [9.17, 15) is 0 Å². The Kier molecular flexibility index (Phi) is 15.9. The van der Waals surface area contributed by atoms with Crippen LogP contribution in [0, 0.1) is 10.4 Å². The van der Waals surface area contributed by atoms with Crippen LogP contribution in [0.3, 0.4) is 0 Å². The summed E-state index contributed by atoms with van der Waals surface area (Å²) in [6.07, 6.45) is 6.50. The molecule has 0 fully saturated rings. The molecule has 0 aliphatic carbocycles. The maximum atomic E-state index is 3.11. The third kappa shape index (κ3) is 11.3. The molecule has 10 heavy (non-hydrogen) atoms. The maximum Gasteiger partial charge on any atom is -1.00 e. The van der Waals surface area contributed by atoms with E-state index >= 15 is 0 Å². The molecule has 0 saturated heterocycles. The second-order valence-electron chi connectivity index (χ2n) is 2.16. The number of hydrogen-bond donors (Lipinski definition) is 0. The van der Waals surface area contributed by atoms with E-state index in [4.69, 9.17) is 0 Å². The minimum absolute atomic E-state index is 0. The zero-order chi connectivity index (χ0) is 6.95. The smallest absolute Gasteiger partial charge is 1.00 e. The van der Waals surface area contributed by atoms with Gasteiger partial charge >= 0.3 is 67.8 Å². The molecule has 2 heteroatoms. The van der Waals surface area contributed by atoms with Crippen LogP contribution < -0.4 is 12.4 Å². The average Bonchev–Trinajstić information content (AvgIpc) is 1.89.